The van der Waals surface area contributed by atoms with Crippen molar-refractivity contribution in [2.45, 2.75) is 70.7 Å². The second-order valence-corrected chi connectivity index (χ2v) is 5.47. The molecule has 2 N–H and O–H groups in total. The zero-order valence-corrected chi connectivity index (χ0v) is 11.7. The first-order valence-electron chi connectivity index (χ1n) is 7.05. The minimum Gasteiger partial charge on any atom is -0.374 e. The molecular formula is C14H25N3O. The largest absolute Gasteiger partial charge is 0.374 e. The fourth-order valence-corrected chi connectivity index (χ4v) is 2.44. The van der Waals surface area contributed by atoms with Gasteiger partial charge in [-0.3, -0.25) is 4.68 Å². The third kappa shape index (κ3) is 3.12. The summed E-state index contributed by atoms with van der Waals surface area (Å²) in [5.74, 6) is 0. The Labute approximate surface area is 110 Å². The Kier molecular flexibility index (Phi) is 4.40. The molecule has 1 aromatic heterocycles. The Morgan fingerprint density at radius 1 is 1.56 bits per heavy atom. The van der Waals surface area contributed by atoms with Crippen LogP contribution in [-0.2, 0) is 11.2 Å². The van der Waals surface area contributed by atoms with Crippen LogP contribution in [0.25, 0.3) is 0 Å². The molecule has 1 aromatic rings. The Morgan fingerprint density at radius 3 is 2.94 bits per heavy atom. The van der Waals surface area contributed by atoms with Crippen molar-refractivity contribution in [3.05, 3.63) is 18.0 Å². The Hall–Kier alpha value is -0.870. The number of ether oxygens (including phenoxy) is 1. The maximum atomic E-state index is 6.22. The fourth-order valence-electron chi connectivity index (χ4n) is 2.44. The first kappa shape index (κ1) is 13.6. The van der Waals surface area contributed by atoms with Crippen LogP contribution in [0.5, 0.6) is 0 Å². The molecule has 2 heterocycles. The molecule has 2 rings (SSSR count). The van der Waals surface area contributed by atoms with Crippen molar-refractivity contribution in [1.82, 2.24) is 9.78 Å². The van der Waals surface area contributed by atoms with Gasteiger partial charge in [-0.25, -0.2) is 0 Å². The molecule has 4 heteroatoms. The predicted molar refractivity (Wildman–Crippen MR) is 72.5 cm³/mol. The van der Waals surface area contributed by atoms with Crippen LogP contribution in [0, 0.1) is 0 Å². The summed E-state index contributed by atoms with van der Waals surface area (Å²) in [5, 5.41) is 4.59. The highest BCUT2D eigenvalue weighted by Gasteiger charge is 2.27. The summed E-state index contributed by atoms with van der Waals surface area (Å²) in [4.78, 5) is 0. The van der Waals surface area contributed by atoms with Gasteiger partial charge in [0.2, 0.25) is 0 Å². The zero-order valence-electron chi connectivity index (χ0n) is 11.7. The van der Waals surface area contributed by atoms with Gasteiger partial charge in [0.25, 0.3) is 0 Å². The van der Waals surface area contributed by atoms with Crippen LogP contribution in [0.4, 0.5) is 0 Å². The van der Waals surface area contributed by atoms with E-state index >= 15 is 0 Å². The van der Waals surface area contributed by atoms with E-state index in [4.69, 9.17) is 10.5 Å². The summed E-state index contributed by atoms with van der Waals surface area (Å²) in [6, 6.07) is 2.60. The molecule has 4 nitrogen and oxygen atoms in total. The van der Waals surface area contributed by atoms with Crippen LogP contribution in [0.3, 0.4) is 0 Å². The number of aromatic nitrogens is 2. The van der Waals surface area contributed by atoms with Gasteiger partial charge in [0.05, 0.1) is 17.9 Å². The van der Waals surface area contributed by atoms with Gasteiger partial charge in [-0.2, -0.15) is 5.10 Å². The SMILES string of the molecule is CCC(C)n1ccc(CC(N)C2CCC(C)O2)n1. The van der Waals surface area contributed by atoms with Gasteiger partial charge < -0.3 is 10.5 Å². The van der Waals surface area contributed by atoms with Crippen molar-refractivity contribution < 1.29 is 4.74 Å². The molecular weight excluding hydrogens is 226 g/mol. The minimum absolute atomic E-state index is 0.0650. The van der Waals surface area contributed by atoms with Gasteiger partial charge in [-0.05, 0) is 39.2 Å². The lowest BCUT2D eigenvalue weighted by Crippen LogP contribution is -2.36. The highest BCUT2D eigenvalue weighted by molar-refractivity contribution is 5.03. The van der Waals surface area contributed by atoms with E-state index in [-0.39, 0.29) is 12.1 Å². The van der Waals surface area contributed by atoms with Crippen molar-refractivity contribution in [1.29, 1.82) is 0 Å². The second-order valence-electron chi connectivity index (χ2n) is 5.47. The van der Waals surface area contributed by atoms with Crippen LogP contribution >= 0.6 is 0 Å². The van der Waals surface area contributed by atoms with Gasteiger partial charge in [0.15, 0.2) is 0 Å². The molecule has 1 fully saturated rings. The van der Waals surface area contributed by atoms with Gasteiger partial charge in [-0.15, -0.1) is 0 Å². The average molecular weight is 251 g/mol. The third-order valence-electron chi connectivity index (χ3n) is 3.89. The molecule has 0 radical (unpaired) electrons. The first-order chi connectivity index (χ1) is 8.60. The minimum atomic E-state index is 0.0650. The van der Waals surface area contributed by atoms with Gasteiger partial charge >= 0.3 is 0 Å². The summed E-state index contributed by atoms with van der Waals surface area (Å²) in [7, 11) is 0. The van der Waals surface area contributed by atoms with Crippen molar-refractivity contribution in [3.63, 3.8) is 0 Å². The van der Waals surface area contributed by atoms with Crippen molar-refractivity contribution in [2.75, 3.05) is 0 Å². The normalized spacial score (nSPS) is 27.3. The highest BCUT2D eigenvalue weighted by Crippen LogP contribution is 2.22. The second kappa shape index (κ2) is 5.85. The van der Waals surface area contributed by atoms with Crippen LogP contribution in [-0.4, -0.2) is 28.0 Å². The van der Waals surface area contributed by atoms with Crippen molar-refractivity contribution >= 4 is 0 Å². The zero-order chi connectivity index (χ0) is 13.1. The molecule has 0 bridgehead atoms. The summed E-state index contributed by atoms with van der Waals surface area (Å²) in [5.41, 5.74) is 7.29. The van der Waals surface area contributed by atoms with Crippen LogP contribution < -0.4 is 5.73 Å². The van der Waals surface area contributed by atoms with E-state index in [1.165, 1.54) is 0 Å². The van der Waals surface area contributed by atoms with E-state index in [1.54, 1.807) is 0 Å². The van der Waals surface area contributed by atoms with Crippen LogP contribution in [0.15, 0.2) is 12.3 Å². The summed E-state index contributed by atoms with van der Waals surface area (Å²) in [6.45, 7) is 6.47. The van der Waals surface area contributed by atoms with E-state index in [1.807, 2.05) is 10.9 Å². The Bertz CT molecular complexity index is 377. The molecule has 4 atom stereocenters. The maximum Gasteiger partial charge on any atom is 0.0734 e. The third-order valence-corrected chi connectivity index (χ3v) is 3.89. The average Bonchev–Trinajstić information content (AvgIpc) is 2.97. The summed E-state index contributed by atoms with van der Waals surface area (Å²) >= 11 is 0. The molecule has 4 unspecified atom stereocenters. The lowest BCUT2D eigenvalue weighted by molar-refractivity contribution is 0.0402. The van der Waals surface area contributed by atoms with E-state index in [0.717, 1.165) is 31.4 Å². The predicted octanol–water partition coefficient (Wildman–Crippen LogP) is 2.29. The fraction of sp³-hybridized carbons (Fsp3) is 0.786. The van der Waals surface area contributed by atoms with E-state index in [2.05, 4.69) is 31.9 Å². The lowest BCUT2D eigenvalue weighted by Gasteiger charge is -2.18. The van der Waals surface area contributed by atoms with E-state index in [0.29, 0.717) is 12.1 Å². The highest BCUT2D eigenvalue weighted by atomic mass is 16.5. The topological polar surface area (TPSA) is 53.1 Å². The van der Waals surface area contributed by atoms with Crippen molar-refractivity contribution in [2.24, 2.45) is 5.73 Å². The molecule has 18 heavy (non-hydrogen) atoms. The monoisotopic (exact) mass is 251 g/mol. The number of hydrogen-bond donors (Lipinski definition) is 1. The number of rotatable bonds is 5. The number of hydrogen-bond acceptors (Lipinski definition) is 3. The number of nitrogens with zero attached hydrogens (tertiary/aromatic N) is 2. The molecule has 0 saturated carbocycles. The quantitative estimate of drug-likeness (QED) is 0.873. The smallest absolute Gasteiger partial charge is 0.0734 e. The summed E-state index contributed by atoms with van der Waals surface area (Å²) in [6.07, 6.45) is 6.71. The molecule has 0 aliphatic carbocycles. The van der Waals surface area contributed by atoms with Crippen LogP contribution in [0.2, 0.25) is 0 Å². The molecule has 1 aliphatic heterocycles. The number of nitrogens with two attached hydrogens (primary N) is 1. The lowest BCUT2D eigenvalue weighted by atomic mass is 10.0. The molecule has 0 amide bonds. The van der Waals surface area contributed by atoms with E-state index < -0.39 is 0 Å². The molecule has 0 spiro atoms. The molecule has 1 saturated heterocycles. The van der Waals surface area contributed by atoms with Crippen LogP contribution in [0.1, 0.15) is 51.8 Å². The van der Waals surface area contributed by atoms with Crippen molar-refractivity contribution in [3.8, 4) is 0 Å². The Balaban J connectivity index is 1.91. The molecule has 0 aromatic carbocycles. The summed E-state index contributed by atoms with van der Waals surface area (Å²) < 4.78 is 7.84. The maximum absolute atomic E-state index is 6.22. The Morgan fingerprint density at radius 2 is 2.33 bits per heavy atom. The van der Waals surface area contributed by atoms with Gasteiger partial charge in [-0.1, -0.05) is 6.92 Å². The molecule has 1 aliphatic rings. The standard InChI is InChI=1S/C14H25N3O/c1-4-10(2)17-8-7-12(16-17)9-13(15)14-6-5-11(3)18-14/h7-8,10-11,13-14H,4-6,9,15H2,1-3H3. The van der Waals surface area contributed by atoms with Gasteiger partial charge in [0, 0.05) is 24.7 Å². The first-order valence-corrected chi connectivity index (χ1v) is 7.05. The van der Waals surface area contributed by atoms with Gasteiger partial charge in [0.1, 0.15) is 0 Å². The van der Waals surface area contributed by atoms with E-state index in [9.17, 15) is 0 Å². The molecule has 102 valence electrons.